The standard InChI is InChI=1S/C27H29ClF2N6O4S/c1-27(2,3)36(26(37)38)21(10-14-8-15(29)11-16(30)9-14)23-19(12-17(31)13-32-23)18-6-7-20(28)22-24(18)35(4)33-25(22)34-41(5,39)40/h6-9,11-13,21H,10,31H2,1-5H3,(H,33,34)(H,37,38). The van der Waals surface area contributed by atoms with Crippen molar-refractivity contribution in [1.82, 2.24) is 19.7 Å². The highest BCUT2D eigenvalue weighted by atomic mass is 35.5. The number of fused-ring (bicyclic) bond motifs is 1. The number of amides is 1. The molecule has 0 aliphatic carbocycles. The van der Waals surface area contributed by atoms with Crippen LogP contribution in [-0.4, -0.2) is 51.1 Å². The number of nitrogens with zero attached hydrogens (tertiary/aromatic N) is 4. The third kappa shape index (κ3) is 6.35. The molecular formula is C27H29ClF2N6O4S. The molecule has 0 aliphatic heterocycles. The van der Waals surface area contributed by atoms with Gasteiger partial charge in [-0.3, -0.25) is 19.3 Å². The largest absolute Gasteiger partial charge is 0.465 e. The number of halogens is 3. The van der Waals surface area contributed by atoms with Crippen LogP contribution in [0.5, 0.6) is 0 Å². The van der Waals surface area contributed by atoms with Crippen molar-refractivity contribution in [2.75, 3.05) is 16.7 Å². The van der Waals surface area contributed by atoms with Gasteiger partial charge in [0.1, 0.15) is 11.6 Å². The van der Waals surface area contributed by atoms with E-state index in [0.29, 0.717) is 22.0 Å². The van der Waals surface area contributed by atoms with Crippen molar-refractivity contribution >= 4 is 50.1 Å². The molecule has 4 N–H and O–H groups in total. The fourth-order valence-corrected chi connectivity index (χ4v) is 5.70. The SMILES string of the molecule is Cn1nc(NS(C)(=O)=O)c2c(Cl)ccc(-c3cc(N)cnc3C(Cc3cc(F)cc(F)c3)N(C(=O)O)C(C)(C)C)c21. The Hall–Kier alpha value is -3.97. The van der Waals surface area contributed by atoms with Crippen molar-refractivity contribution in [1.29, 1.82) is 0 Å². The van der Waals surface area contributed by atoms with E-state index in [4.69, 9.17) is 17.3 Å². The highest BCUT2D eigenvalue weighted by Gasteiger charge is 2.37. The molecule has 1 atom stereocenters. The Morgan fingerprint density at radius 1 is 1.17 bits per heavy atom. The Labute approximate surface area is 240 Å². The number of anilines is 2. The van der Waals surface area contributed by atoms with Gasteiger partial charge in [-0.25, -0.2) is 22.0 Å². The van der Waals surface area contributed by atoms with E-state index in [1.54, 1.807) is 46.0 Å². The van der Waals surface area contributed by atoms with Gasteiger partial charge in [0, 0.05) is 29.8 Å². The van der Waals surface area contributed by atoms with E-state index < -0.39 is 39.3 Å². The minimum Gasteiger partial charge on any atom is -0.465 e. The molecule has 1 unspecified atom stereocenters. The number of aryl methyl sites for hydroxylation is 1. The average Bonchev–Trinajstić information content (AvgIpc) is 3.12. The first-order chi connectivity index (χ1) is 19.0. The molecule has 41 heavy (non-hydrogen) atoms. The lowest BCUT2D eigenvalue weighted by Crippen LogP contribution is -2.48. The zero-order chi connectivity index (χ0) is 30.4. The van der Waals surface area contributed by atoms with Crippen LogP contribution in [0.1, 0.15) is 38.1 Å². The first-order valence-corrected chi connectivity index (χ1v) is 14.6. The summed E-state index contributed by atoms with van der Waals surface area (Å²) < 4.78 is 56.2. The van der Waals surface area contributed by atoms with Gasteiger partial charge >= 0.3 is 6.09 Å². The minimum atomic E-state index is -3.71. The summed E-state index contributed by atoms with van der Waals surface area (Å²) in [5.41, 5.74) is 7.22. The van der Waals surface area contributed by atoms with Crippen LogP contribution in [0.2, 0.25) is 5.02 Å². The van der Waals surface area contributed by atoms with Gasteiger partial charge in [0.2, 0.25) is 10.0 Å². The van der Waals surface area contributed by atoms with Crippen LogP contribution in [0.4, 0.5) is 25.1 Å². The van der Waals surface area contributed by atoms with E-state index in [0.717, 1.165) is 24.5 Å². The van der Waals surface area contributed by atoms with Crippen molar-refractivity contribution in [3.63, 3.8) is 0 Å². The molecule has 0 spiro atoms. The Morgan fingerprint density at radius 2 is 1.80 bits per heavy atom. The number of aromatic nitrogens is 3. The minimum absolute atomic E-state index is 0.00361. The number of hydrogen-bond donors (Lipinski definition) is 3. The summed E-state index contributed by atoms with van der Waals surface area (Å²) in [5.74, 6) is -1.60. The molecule has 0 fully saturated rings. The molecule has 0 saturated carbocycles. The summed E-state index contributed by atoms with van der Waals surface area (Å²) in [5, 5.41) is 15.2. The second kappa shape index (κ2) is 10.8. The molecule has 0 radical (unpaired) electrons. The topological polar surface area (TPSA) is 143 Å². The number of carboxylic acid groups (broad SMARTS) is 1. The molecule has 0 aliphatic rings. The summed E-state index contributed by atoms with van der Waals surface area (Å²) in [6.07, 6.45) is 0.960. The first kappa shape index (κ1) is 30.0. The molecule has 10 nitrogen and oxygen atoms in total. The summed E-state index contributed by atoms with van der Waals surface area (Å²) in [6, 6.07) is 6.80. The highest BCUT2D eigenvalue weighted by Crippen LogP contribution is 2.42. The first-order valence-electron chi connectivity index (χ1n) is 12.3. The predicted molar refractivity (Wildman–Crippen MR) is 154 cm³/mol. The fraction of sp³-hybridized carbons (Fsp3) is 0.296. The Balaban J connectivity index is 2.04. The van der Waals surface area contributed by atoms with E-state index in [1.165, 1.54) is 15.8 Å². The van der Waals surface area contributed by atoms with Crippen molar-refractivity contribution in [2.24, 2.45) is 7.05 Å². The number of hydrogen-bond acceptors (Lipinski definition) is 6. The quantitative estimate of drug-likeness (QED) is 0.249. The Bertz CT molecular complexity index is 1750. The third-order valence-corrected chi connectivity index (χ3v) is 7.24. The van der Waals surface area contributed by atoms with E-state index in [2.05, 4.69) is 14.8 Å². The number of pyridine rings is 1. The number of carbonyl (C=O) groups is 1. The number of benzene rings is 2. The molecule has 0 bridgehead atoms. The van der Waals surface area contributed by atoms with E-state index >= 15 is 0 Å². The molecule has 218 valence electrons. The van der Waals surface area contributed by atoms with Crippen LogP contribution >= 0.6 is 11.6 Å². The van der Waals surface area contributed by atoms with E-state index in [1.807, 2.05) is 0 Å². The lowest BCUT2D eigenvalue weighted by molar-refractivity contribution is 0.0684. The molecule has 2 aromatic heterocycles. The van der Waals surface area contributed by atoms with Gasteiger partial charge < -0.3 is 10.8 Å². The van der Waals surface area contributed by atoms with Crippen LogP contribution in [0, 0.1) is 11.6 Å². The smallest absolute Gasteiger partial charge is 0.408 e. The summed E-state index contributed by atoms with van der Waals surface area (Å²) in [7, 11) is -2.11. The molecule has 1 amide bonds. The van der Waals surface area contributed by atoms with Crippen LogP contribution < -0.4 is 10.5 Å². The second-order valence-corrected chi connectivity index (χ2v) is 12.8. The highest BCUT2D eigenvalue weighted by molar-refractivity contribution is 7.92. The molecule has 0 saturated heterocycles. The maximum absolute atomic E-state index is 14.2. The number of nitrogen functional groups attached to an aromatic ring is 1. The second-order valence-electron chi connectivity index (χ2n) is 10.7. The summed E-state index contributed by atoms with van der Waals surface area (Å²) >= 11 is 6.50. The van der Waals surface area contributed by atoms with Crippen LogP contribution in [0.3, 0.4) is 0 Å². The maximum Gasteiger partial charge on any atom is 0.408 e. The van der Waals surface area contributed by atoms with Gasteiger partial charge in [-0.2, -0.15) is 5.10 Å². The molecular weight excluding hydrogens is 578 g/mol. The number of nitrogens with two attached hydrogens (primary N) is 1. The molecule has 14 heteroatoms. The predicted octanol–water partition coefficient (Wildman–Crippen LogP) is 5.58. The molecule has 2 aromatic carbocycles. The summed E-state index contributed by atoms with van der Waals surface area (Å²) in [6.45, 7) is 5.09. The van der Waals surface area contributed by atoms with Gasteiger partial charge in [0.25, 0.3) is 0 Å². The molecule has 4 aromatic rings. The van der Waals surface area contributed by atoms with Crippen molar-refractivity contribution in [3.8, 4) is 11.1 Å². The zero-order valence-electron chi connectivity index (χ0n) is 22.9. The normalized spacial score (nSPS) is 12.9. The Morgan fingerprint density at radius 3 is 2.37 bits per heavy atom. The van der Waals surface area contributed by atoms with E-state index in [9.17, 15) is 27.1 Å². The van der Waals surface area contributed by atoms with Gasteiger partial charge in [0.15, 0.2) is 5.82 Å². The van der Waals surface area contributed by atoms with Gasteiger partial charge in [0.05, 0.1) is 45.8 Å². The summed E-state index contributed by atoms with van der Waals surface area (Å²) in [4.78, 5) is 18.4. The molecule has 2 heterocycles. The lowest BCUT2D eigenvalue weighted by atomic mass is 9.90. The van der Waals surface area contributed by atoms with Gasteiger partial charge in [-0.1, -0.05) is 17.7 Å². The zero-order valence-corrected chi connectivity index (χ0v) is 24.5. The van der Waals surface area contributed by atoms with Crippen molar-refractivity contribution in [2.45, 2.75) is 38.8 Å². The van der Waals surface area contributed by atoms with Crippen LogP contribution in [-0.2, 0) is 23.5 Å². The number of nitrogens with one attached hydrogen (secondary N) is 1. The number of rotatable bonds is 7. The fourth-order valence-electron chi connectivity index (χ4n) is 4.97. The third-order valence-electron chi connectivity index (χ3n) is 6.36. The lowest BCUT2D eigenvalue weighted by Gasteiger charge is -2.40. The van der Waals surface area contributed by atoms with E-state index in [-0.39, 0.29) is 34.2 Å². The Kier molecular flexibility index (Phi) is 7.89. The monoisotopic (exact) mass is 606 g/mol. The number of sulfonamides is 1. The van der Waals surface area contributed by atoms with Gasteiger partial charge in [-0.05, 0) is 57.0 Å². The van der Waals surface area contributed by atoms with Crippen LogP contribution in [0.15, 0.2) is 42.6 Å². The van der Waals surface area contributed by atoms with Crippen molar-refractivity contribution in [3.05, 3.63) is 70.5 Å². The van der Waals surface area contributed by atoms with Gasteiger partial charge in [-0.15, -0.1) is 0 Å². The molecule has 4 rings (SSSR count). The van der Waals surface area contributed by atoms with Crippen molar-refractivity contribution < 1.29 is 27.1 Å². The van der Waals surface area contributed by atoms with Crippen LogP contribution in [0.25, 0.3) is 22.0 Å². The average molecular weight is 607 g/mol. The maximum atomic E-state index is 14.2.